The third-order valence-corrected chi connectivity index (χ3v) is 6.44. The van der Waals surface area contributed by atoms with Gasteiger partial charge < -0.3 is 25.3 Å². The zero-order valence-corrected chi connectivity index (χ0v) is 20.2. The molecule has 0 saturated carbocycles. The minimum absolute atomic E-state index is 0.0726. The number of carbonyl (C=O) groups excluding carboxylic acids is 2. The fourth-order valence-electron chi connectivity index (χ4n) is 4.36. The maximum atomic E-state index is 13.5. The van der Waals surface area contributed by atoms with E-state index in [4.69, 9.17) is 10.5 Å². The highest BCUT2D eigenvalue weighted by molar-refractivity contribution is 6.01. The molecule has 0 radical (unpaired) electrons. The maximum absolute atomic E-state index is 13.5. The average Bonchev–Trinajstić information content (AvgIpc) is 3.12. The van der Waals surface area contributed by atoms with Gasteiger partial charge in [0.05, 0.1) is 6.61 Å². The molecule has 8 nitrogen and oxygen atoms in total. The summed E-state index contributed by atoms with van der Waals surface area (Å²) in [5.41, 5.74) is 10.1. The van der Waals surface area contributed by atoms with E-state index in [1.807, 2.05) is 14.0 Å². The molecule has 1 saturated heterocycles. The number of rotatable bonds is 8. The molecular formula is C26H30FN5O3. The lowest BCUT2D eigenvalue weighted by Crippen LogP contribution is -2.51. The molecular weight excluding hydrogens is 449 g/mol. The van der Waals surface area contributed by atoms with Crippen LogP contribution in [0, 0.1) is 18.7 Å². The van der Waals surface area contributed by atoms with Gasteiger partial charge >= 0.3 is 0 Å². The van der Waals surface area contributed by atoms with E-state index < -0.39 is 0 Å². The largest absolute Gasteiger partial charge is 0.398 e. The summed E-state index contributed by atoms with van der Waals surface area (Å²) in [6, 6.07) is 9.66. The second-order valence-corrected chi connectivity index (χ2v) is 8.85. The van der Waals surface area contributed by atoms with Crippen molar-refractivity contribution >= 4 is 34.6 Å². The number of amides is 2. The Labute approximate surface area is 203 Å². The fourth-order valence-corrected chi connectivity index (χ4v) is 4.36. The average molecular weight is 480 g/mol. The third kappa shape index (κ3) is 5.05. The summed E-state index contributed by atoms with van der Waals surface area (Å²) in [6.45, 7) is 4.46. The van der Waals surface area contributed by atoms with Gasteiger partial charge in [-0.25, -0.2) is 4.39 Å². The summed E-state index contributed by atoms with van der Waals surface area (Å²) < 4.78 is 20.3. The van der Waals surface area contributed by atoms with Crippen molar-refractivity contribution in [1.29, 1.82) is 0 Å². The number of fused-ring (bicyclic) bond motifs is 1. The van der Waals surface area contributed by atoms with Crippen LogP contribution in [0.15, 0.2) is 41.4 Å². The van der Waals surface area contributed by atoms with Gasteiger partial charge in [0, 0.05) is 80.2 Å². The van der Waals surface area contributed by atoms with Crippen molar-refractivity contribution in [1.82, 2.24) is 14.8 Å². The summed E-state index contributed by atoms with van der Waals surface area (Å²) in [6.07, 6.45) is 1.71. The number of likely N-dealkylation sites (tertiary alicyclic amines) is 1. The molecule has 0 atom stereocenters. The molecule has 4 rings (SSSR count). The van der Waals surface area contributed by atoms with Gasteiger partial charge in [0.2, 0.25) is 0 Å². The van der Waals surface area contributed by atoms with E-state index in [1.165, 1.54) is 12.1 Å². The highest BCUT2D eigenvalue weighted by Crippen LogP contribution is 2.25. The van der Waals surface area contributed by atoms with Gasteiger partial charge in [0.25, 0.3) is 11.8 Å². The van der Waals surface area contributed by atoms with Gasteiger partial charge in [0.1, 0.15) is 11.5 Å². The number of hydrogen-bond donors (Lipinski definition) is 2. The van der Waals surface area contributed by atoms with Gasteiger partial charge in [-0.1, -0.05) is 0 Å². The summed E-state index contributed by atoms with van der Waals surface area (Å²) in [5, 5.41) is 3.53. The molecule has 1 aliphatic heterocycles. The number of aliphatic imine (C=N–C) groups is 1. The van der Waals surface area contributed by atoms with Crippen LogP contribution in [-0.4, -0.2) is 67.4 Å². The fraction of sp³-hybridized carbons (Fsp3) is 0.346. The molecule has 1 fully saturated rings. The van der Waals surface area contributed by atoms with Crippen molar-refractivity contribution in [3.05, 3.63) is 64.6 Å². The molecule has 184 valence electrons. The van der Waals surface area contributed by atoms with E-state index in [0.29, 0.717) is 55.1 Å². The van der Waals surface area contributed by atoms with Crippen molar-refractivity contribution in [2.45, 2.75) is 6.92 Å². The van der Waals surface area contributed by atoms with E-state index >= 15 is 0 Å². The molecule has 0 aliphatic carbocycles. The van der Waals surface area contributed by atoms with Crippen LogP contribution < -0.4 is 11.1 Å². The predicted molar refractivity (Wildman–Crippen MR) is 135 cm³/mol. The lowest BCUT2D eigenvalue weighted by Gasteiger charge is -2.38. The number of aromatic nitrogens is 1. The number of nitrogen functional groups attached to an aromatic ring is 1. The van der Waals surface area contributed by atoms with E-state index in [2.05, 4.69) is 10.3 Å². The molecule has 0 unspecified atom stereocenters. The van der Waals surface area contributed by atoms with Crippen LogP contribution in [-0.2, 0) is 11.8 Å². The zero-order chi connectivity index (χ0) is 25.1. The second-order valence-electron chi connectivity index (χ2n) is 8.85. The molecule has 3 aromatic rings. The third-order valence-electron chi connectivity index (χ3n) is 6.44. The van der Waals surface area contributed by atoms with Crippen LogP contribution in [0.25, 0.3) is 10.9 Å². The number of carbonyl (C=O) groups is 2. The van der Waals surface area contributed by atoms with Crippen molar-refractivity contribution in [2.24, 2.45) is 18.0 Å². The van der Waals surface area contributed by atoms with Crippen molar-refractivity contribution in [3.8, 4) is 0 Å². The monoisotopic (exact) mass is 479 g/mol. The zero-order valence-electron chi connectivity index (χ0n) is 20.2. The summed E-state index contributed by atoms with van der Waals surface area (Å²) in [5.74, 6) is -0.337. The lowest BCUT2D eigenvalue weighted by atomic mass is 9.99. The molecule has 1 aliphatic rings. The van der Waals surface area contributed by atoms with Gasteiger partial charge in [-0.2, -0.15) is 0 Å². The Kier molecular flexibility index (Phi) is 7.16. The Morgan fingerprint density at radius 3 is 2.77 bits per heavy atom. The normalized spacial score (nSPS) is 14.0. The number of nitrogens with zero attached hydrogens (tertiary/aromatic N) is 3. The van der Waals surface area contributed by atoms with Gasteiger partial charge in [0.15, 0.2) is 0 Å². The number of nitrogens with one attached hydrogen (secondary N) is 1. The molecule has 1 aromatic heterocycles. The number of benzene rings is 2. The van der Waals surface area contributed by atoms with Crippen molar-refractivity contribution < 1.29 is 18.7 Å². The number of anilines is 1. The molecule has 0 bridgehead atoms. The summed E-state index contributed by atoms with van der Waals surface area (Å²) in [4.78, 5) is 31.7. The second kappa shape index (κ2) is 10.3. The first kappa shape index (κ1) is 24.4. The van der Waals surface area contributed by atoms with Gasteiger partial charge in [-0.15, -0.1) is 0 Å². The number of halogens is 1. The Morgan fingerprint density at radius 1 is 1.26 bits per heavy atom. The van der Waals surface area contributed by atoms with Crippen LogP contribution in [0.4, 0.5) is 10.1 Å². The van der Waals surface area contributed by atoms with Gasteiger partial charge in [-0.05, 0) is 48.9 Å². The number of methoxy groups -OCH3 is 1. The molecule has 2 heterocycles. The molecule has 35 heavy (non-hydrogen) atoms. The van der Waals surface area contributed by atoms with Crippen LogP contribution in [0.3, 0.4) is 0 Å². The van der Waals surface area contributed by atoms with Crippen LogP contribution in [0.5, 0.6) is 0 Å². The van der Waals surface area contributed by atoms with Crippen LogP contribution >= 0.6 is 0 Å². The number of aryl methyl sites for hydroxylation is 1. The smallest absolute Gasteiger partial charge is 0.270 e. The topological polar surface area (TPSA) is 102 Å². The number of hydrogen-bond acceptors (Lipinski definition) is 5. The van der Waals surface area contributed by atoms with Crippen molar-refractivity contribution in [2.75, 3.05) is 45.6 Å². The first-order chi connectivity index (χ1) is 16.8. The Bertz CT molecular complexity index is 1290. The van der Waals surface area contributed by atoms with Gasteiger partial charge in [-0.3, -0.25) is 14.6 Å². The summed E-state index contributed by atoms with van der Waals surface area (Å²) in [7, 11) is 3.39. The van der Waals surface area contributed by atoms with E-state index in [-0.39, 0.29) is 23.5 Å². The first-order valence-corrected chi connectivity index (χ1v) is 11.5. The molecule has 0 spiro atoms. The highest BCUT2D eigenvalue weighted by atomic mass is 19.1. The quantitative estimate of drug-likeness (QED) is 0.295. The minimum Gasteiger partial charge on any atom is -0.398 e. The Hall–Kier alpha value is -3.72. The Morgan fingerprint density at radius 2 is 2.03 bits per heavy atom. The maximum Gasteiger partial charge on any atom is 0.270 e. The standard InChI is InChI=1S/C26H30FN5O3/c1-16-20(25(33)30-8-9-35-3)5-6-22(28)21(16)13-29-12-17-14-32(15-17)26(34)24-11-18-10-19(27)4-7-23(18)31(24)2/h4-7,10-11,13,17H,8-9,12,14-15,28H2,1-3H3,(H,30,33). The number of ether oxygens (including phenoxy) is 1. The number of nitrogens with two attached hydrogens (primary N) is 1. The molecule has 2 aromatic carbocycles. The molecule has 2 amide bonds. The minimum atomic E-state index is -0.322. The first-order valence-electron chi connectivity index (χ1n) is 11.5. The molecule has 3 N–H and O–H groups in total. The van der Waals surface area contributed by atoms with E-state index in [1.54, 1.807) is 47.1 Å². The lowest BCUT2D eigenvalue weighted by molar-refractivity contribution is 0.0507. The molecule has 9 heteroatoms. The van der Waals surface area contributed by atoms with E-state index in [0.717, 1.165) is 16.6 Å². The van der Waals surface area contributed by atoms with Crippen LogP contribution in [0.2, 0.25) is 0 Å². The van der Waals surface area contributed by atoms with E-state index in [9.17, 15) is 14.0 Å². The van der Waals surface area contributed by atoms with Crippen LogP contribution in [0.1, 0.15) is 32.0 Å². The Balaban J connectivity index is 1.36. The highest BCUT2D eigenvalue weighted by Gasteiger charge is 2.32. The van der Waals surface area contributed by atoms with Crippen molar-refractivity contribution in [3.63, 3.8) is 0 Å². The summed E-state index contributed by atoms with van der Waals surface area (Å²) >= 11 is 0. The SMILES string of the molecule is COCCNC(=O)c1ccc(N)c(C=NCC2CN(C(=O)c3cc4cc(F)ccc4n3C)C2)c1C. The predicted octanol–water partition coefficient (Wildman–Crippen LogP) is 2.78.